The van der Waals surface area contributed by atoms with E-state index in [2.05, 4.69) is 55.8 Å². The highest BCUT2D eigenvalue weighted by molar-refractivity contribution is 5.98. The second-order valence-electron chi connectivity index (χ2n) is 8.86. The van der Waals surface area contributed by atoms with Gasteiger partial charge in [0.05, 0.1) is 6.04 Å². The molecule has 0 aliphatic carbocycles. The number of halogens is 1. The van der Waals surface area contributed by atoms with E-state index in [9.17, 15) is 9.59 Å². The molecule has 2 atom stereocenters. The SMILES string of the molecule is CC(C)C[C@H](NC(=O)[C@@H]1Cc2ccccc2CN1)C(=O)Nc1ccc(C(C)C)cc1.Cl. The van der Waals surface area contributed by atoms with Crippen LogP contribution in [0.2, 0.25) is 0 Å². The summed E-state index contributed by atoms with van der Waals surface area (Å²) in [6.07, 6.45) is 1.22. The molecule has 2 aromatic carbocycles. The van der Waals surface area contributed by atoms with E-state index in [1.165, 1.54) is 16.7 Å². The molecule has 1 heterocycles. The van der Waals surface area contributed by atoms with Crippen molar-refractivity contribution in [3.8, 4) is 0 Å². The van der Waals surface area contributed by atoms with E-state index in [-0.39, 0.29) is 36.2 Å². The number of benzene rings is 2. The predicted molar refractivity (Wildman–Crippen MR) is 129 cm³/mol. The zero-order valence-electron chi connectivity index (χ0n) is 18.8. The second-order valence-corrected chi connectivity index (χ2v) is 8.86. The molecule has 31 heavy (non-hydrogen) atoms. The first kappa shape index (κ1) is 24.9. The van der Waals surface area contributed by atoms with E-state index in [4.69, 9.17) is 0 Å². The number of hydrogen-bond donors (Lipinski definition) is 3. The van der Waals surface area contributed by atoms with Crippen LogP contribution in [0.25, 0.3) is 0 Å². The van der Waals surface area contributed by atoms with E-state index in [0.717, 1.165) is 5.69 Å². The minimum absolute atomic E-state index is 0. The van der Waals surface area contributed by atoms with Crippen LogP contribution in [0.1, 0.15) is 56.7 Å². The summed E-state index contributed by atoms with van der Waals surface area (Å²) in [5.74, 6) is 0.422. The lowest BCUT2D eigenvalue weighted by Crippen LogP contribution is -2.53. The van der Waals surface area contributed by atoms with Gasteiger partial charge in [0.1, 0.15) is 6.04 Å². The summed E-state index contributed by atoms with van der Waals surface area (Å²) in [6, 6.07) is 15.2. The highest BCUT2D eigenvalue weighted by Crippen LogP contribution is 2.19. The fraction of sp³-hybridized carbons (Fsp3) is 0.440. The maximum atomic E-state index is 12.9. The molecule has 1 aliphatic heterocycles. The Morgan fingerprint density at radius 2 is 1.65 bits per heavy atom. The Morgan fingerprint density at radius 3 is 2.26 bits per heavy atom. The molecule has 0 spiro atoms. The average molecular weight is 444 g/mol. The monoisotopic (exact) mass is 443 g/mol. The van der Waals surface area contributed by atoms with Gasteiger partial charge in [0.25, 0.3) is 0 Å². The first-order chi connectivity index (χ1) is 14.3. The summed E-state index contributed by atoms with van der Waals surface area (Å²) in [5.41, 5.74) is 4.38. The molecule has 0 bridgehead atoms. The van der Waals surface area contributed by atoms with Crippen molar-refractivity contribution < 1.29 is 9.59 Å². The molecular formula is C25H34ClN3O2. The van der Waals surface area contributed by atoms with E-state index < -0.39 is 6.04 Å². The van der Waals surface area contributed by atoms with Crippen molar-refractivity contribution in [1.29, 1.82) is 0 Å². The van der Waals surface area contributed by atoms with Crippen molar-refractivity contribution in [3.63, 3.8) is 0 Å². The Bertz CT molecular complexity index is 881. The van der Waals surface area contributed by atoms with Gasteiger partial charge in [0.15, 0.2) is 0 Å². The number of nitrogens with one attached hydrogen (secondary N) is 3. The minimum atomic E-state index is -0.568. The predicted octanol–water partition coefficient (Wildman–Crippen LogP) is 4.42. The molecule has 0 saturated heterocycles. The van der Waals surface area contributed by atoms with Gasteiger partial charge < -0.3 is 16.0 Å². The highest BCUT2D eigenvalue weighted by atomic mass is 35.5. The molecule has 3 N–H and O–H groups in total. The van der Waals surface area contributed by atoms with Gasteiger partial charge in [-0.3, -0.25) is 9.59 Å². The molecule has 0 fully saturated rings. The fourth-order valence-corrected chi connectivity index (χ4v) is 3.80. The lowest BCUT2D eigenvalue weighted by atomic mass is 9.95. The van der Waals surface area contributed by atoms with Crippen LogP contribution in [0, 0.1) is 5.92 Å². The Morgan fingerprint density at radius 1 is 1.00 bits per heavy atom. The Labute approximate surface area is 191 Å². The van der Waals surface area contributed by atoms with E-state index in [1.807, 2.05) is 36.4 Å². The summed E-state index contributed by atoms with van der Waals surface area (Å²) in [6.45, 7) is 9.05. The Hall–Kier alpha value is -2.37. The van der Waals surface area contributed by atoms with Gasteiger partial charge in [-0.15, -0.1) is 12.4 Å². The van der Waals surface area contributed by atoms with Gasteiger partial charge in [0, 0.05) is 12.2 Å². The molecule has 3 rings (SSSR count). The molecule has 168 valence electrons. The Balaban J connectivity index is 0.00000341. The maximum Gasteiger partial charge on any atom is 0.246 e. The molecule has 0 radical (unpaired) electrons. The molecule has 2 aromatic rings. The third-order valence-electron chi connectivity index (χ3n) is 5.58. The fourth-order valence-electron chi connectivity index (χ4n) is 3.80. The molecule has 0 unspecified atom stereocenters. The van der Waals surface area contributed by atoms with Crippen LogP contribution in [-0.2, 0) is 22.6 Å². The first-order valence-corrected chi connectivity index (χ1v) is 10.8. The van der Waals surface area contributed by atoms with Crippen molar-refractivity contribution in [2.45, 2.75) is 65.1 Å². The van der Waals surface area contributed by atoms with Crippen LogP contribution in [0.15, 0.2) is 48.5 Å². The van der Waals surface area contributed by atoms with Crippen LogP contribution in [0.4, 0.5) is 5.69 Å². The Kier molecular flexibility index (Phi) is 9.08. The van der Waals surface area contributed by atoms with Gasteiger partial charge in [0.2, 0.25) is 11.8 Å². The highest BCUT2D eigenvalue weighted by Gasteiger charge is 2.28. The van der Waals surface area contributed by atoms with E-state index in [0.29, 0.717) is 25.3 Å². The molecule has 0 saturated carbocycles. The van der Waals surface area contributed by atoms with Crippen molar-refractivity contribution in [2.75, 3.05) is 5.32 Å². The quantitative estimate of drug-likeness (QED) is 0.593. The maximum absolute atomic E-state index is 12.9. The number of amides is 2. The second kappa shape index (κ2) is 11.3. The number of carbonyl (C=O) groups excluding carboxylic acids is 2. The smallest absolute Gasteiger partial charge is 0.246 e. The van der Waals surface area contributed by atoms with Crippen LogP contribution < -0.4 is 16.0 Å². The summed E-state index contributed by atoms with van der Waals surface area (Å²) in [4.78, 5) is 25.9. The summed E-state index contributed by atoms with van der Waals surface area (Å²) in [5, 5.41) is 9.24. The molecular weight excluding hydrogens is 410 g/mol. The van der Waals surface area contributed by atoms with Gasteiger partial charge in [-0.05, 0) is 53.5 Å². The number of rotatable bonds is 7. The van der Waals surface area contributed by atoms with Gasteiger partial charge >= 0.3 is 0 Å². The minimum Gasteiger partial charge on any atom is -0.343 e. The molecule has 0 aromatic heterocycles. The van der Waals surface area contributed by atoms with Gasteiger partial charge in [-0.2, -0.15) is 0 Å². The zero-order valence-corrected chi connectivity index (χ0v) is 19.6. The van der Waals surface area contributed by atoms with Crippen molar-refractivity contribution >= 4 is 29.9 Å². The number of fused-ring (bicyclic) bond motifs is 1. The van der Waals surface area contributed by atoms with Crippen LogP contribution in [-0.4, -0.2) is 23.9 Å². The molecule has 1 aliphatic rings. The third-order valence-corrected chi connectivity index (χ3v) is 5.58. The summed E-state index contributed by atoms with van der Waals surface area (Å²) >= 11 is 0. The van der Waals surface area contributed by atoms with Crippen molar-refractivity contribution in [3.05, 3.63) is 65.2 Å². The van der Waals surface area contributed by atoms with E-state index >= 15 is 0 Å². The molecule has 5 nitrogen and oxygen atoms in total. The largest absolute Gasteiger partial charge is 0.343 e. The molecule has 2 amide bonds. The average Bonchev–Trinajstić information content (AvgIpc) is 2.72. The number of carbonyl (C=O) groups is 2. The summed E-state index contributed by atoms with van der Waals surface area (Å²) < 4.78 is 0. The normalized spacial score (nSPS) is 16.3. The lowest BCUT2D eigenvalue weighted by Gasteiger charge is -2.28. The van der Waals surface area contributed by atoms with Crippen molar-refractivity contribution in [2.24, 2.45) is 5.92 Å². The zero-order chi connectivity index (χ0) is 21.7. The van der Waals surface area contributed by atoms with Crippen LogP contribution in [0.5, 0.6) is 0 Å². The van der Waals surface area contributed by atoms with E-state index in [1.54, 1.807) is 0 Å². The van der Waals surface area contributed by atoms with Crippen molar-refractivity contribution in [1.82, 2.24) is 10.6 Å². The molecule has 6 heteroatoms. The lowest BCUT2D eigenvalue weighted by molar-refractivity contribution is -0.128. The first-order valence-electron chi connectivity index (χ1n) is 10.8. The topological polar surface area (TPSA) is 70.2 Å². The standard InChI is InChI=1S/C25H33N3O2.ClH/c1-16(2)13-23(25(30)27-21-11-9-18(10-12-21)17(3)4)28-24(29)22-14-19-7-5-6-8-20(19)15-26-22;/h5-12,16-17,22-23,26H,13-15H2,1-4H3,(H,27,30)(H,28,29);1H/t22-,23-;/m0./s1. The van der Waals surface area contributed by atoms with Gasteiger partial charge in [-0.25, -0.2) is 0 Å². The van der Waals surface area contributed by atoms with Gasteiger partial charge in [-0.1, -0.05) is 64.1 Å². The third kappa shape index (κ3) is 6.81. The van der Waals surface area contributed by atoms with Crippen LogP contribution >= 0.6 is 12.4 Å². The van der Waals surface area contributed by atoms with Crippen LogP contribution in [0.3, 0.4) is 0 Å². The number of anilines is 1. The summed E-state index contributed by atoms with van der Waals surface area (Å²) in [7, 11) is 0. The number of hydrogen-bond acceptors (Lipinski definition) is 3.